The highest BCUT2D eigenvalue weighted by atomic mass is 13.9. The fraction of sp³-hybridized carbons (Fsp3) is 0.400. The first-order valence-corrected chi connectivity index (χ1v) is 3.88. The highest BCUT2D eigenvalue weighted by Gasteiger charge is 1.83. The molecule has 0 aromatic rings. The van der Waals surface area contributed by atoms with Crippen LogP contribution in [0.3, 0.4) is 0 Å². The second-order valence-electron chi connectivity index (χ2n) is 2.43. The molecule has 0 heteroatoms. The number of rotatable bonds is 0. The minimum absolute atomic E-state index is 1.11. The van der Waals surface area contributed by atoms with Gasteiger partial charge in [0, 0.05) is 0 Å². The molecule has 0 saturated heterocycles. The van der Waals surface area contributed by atoms with Gasteiger partial charge in [-0.25, -0.2) is 0 Å². The Morgan fingerprint density at radius 1 is 1.00 bits per heavy atom. The molecule has 0 atom stereocenters. The van der Waals surface area contributed by atoms with Crippen molar-refractivity contribution in [3.8, 4) is 0 Å². The minimum atomic E-state index is 1.11. The first-order chi connectivity index (χ1) is 5.00. The van der Waals surface area contributed by atoms with E-state index in [2.05, 4.69) is 24.3 Å². The predicted octanol–water partition coefficient (Wildman–Crippen LogP) is 3.03. The molecule has 0 fully saturated rings. The van der Waals surface area contributed by atoms with Gasteiger partial charge in [-0.3, -0.25) is 0 Å². The van der Waals surface area contributed by atoms with Crippen molar-refractivity contribution in [1.82, 2.24) is 0 Å². The second-order valence-corrected chi connectivity index (χ2v) is 2.43. The minimum Gasteiger partial charge on any atom is -0.0845 e. The van der Waals surface area contributed by atoms with Crippen molar-refractivity contribution in [2.75, 3.05) is 0 Å². The number of hydrogen-bond acceptors (Lipinski definition) is 0. The van der Waals surface area contributed by atoms with Gasteiger partial charge in [0.15, 0.2) is 0 Å². The van der Waals surface area contributed by atoms with Crippen molar-refractivity contribution < 1.29 is 0 Å². The summed E-state index contributed by atoms with van der Waals surface area (Å²) in [4.78, 5) is 0. The van der Waals surface area contributed by atoms with Crippen LogP contribution in [0.2, 0.25) is 0 Å². The molecule has 0 N–H and O–H groups in total. The van der Waals surface area contributed by atoms with Crippen LogP contribution >= 0.6 is 0 Å². The van der Waals surface area contributed by atoms with Crippen LogP contribution < -0.4 is 0 Å². The summed E-state index contributed by atoms with van der Waals surface area (Å²) in [5.41, 5.74) is 0. The Kier molecular flexibility index (Phi) is 3.69. The van der Waals surface area contributed by atoms with Crippen LogP contribution in [0.4, 0.5) is 0 Å². The van der Waals surface area contributed by atoms with Gasteiger partial charge in [0.2, 0.25) is 0 Å². The maximum absolute atomic E-state index is 3.21. The summed E-state index contributed by atoms with van der Waals surface area (Å²) in [6.07, 6.45) is 18.5. The molecule has 53 valence electrons. The summed E-state index contributed by atoms with van der Waals surface area (Å²) < 4.78 is 0. The van der Waals surface area contributed by atoms with E-state index in [1.54, 1.807) is 0 Å². The van der Waals surface area contributed by atoms with Gasteiger partial charge in [0.25, 0.3) is 0 Å². The Bertz CT molecular complexity index is 131. The normalized spacial score (nSPS) is 19.2. The molecular formula is C10H13. The van der Waals surface area contributed by atoms with Crippen LogP contribution in [-0.2, 0) is 0 Å². The molecule has 0 amide bonds. The van der Waals surface area contributed by atoms with Crippen molar-refractivity contribution in [2.45, 2.75) is 25.7 Å². The maximum atomic E-state index is 3.21. The smallest absolute Gasteiger partial charge is 0.0276 e. The maximum Gasteiger partial charge on any atom is -0.0276 e. The average molecular weight is 133 g/mol. The van der Waals surface area contributed by atoms with Gasteiger partial charge >= 0.3 is 0 Å². The van der Waals surface area contributed by atoms with E-state index in [9.17, 15) is 0 Å². The molecule has 0 aromatic heterocycles. The molecular weight excluding hydrogens is 120 g/mol. The van der Waals surface area contributed by atoms with Crippen LogP contribution in [0, 0.1) is 6.08 Å². The summed E-state index contributed by atoms with van der Waals surface area (Å²) in [5.74, 6) is 0. The van der Waals surface area contributed by atoms with Gasteiger partial charge in [-0.1, -0.05) is 30.4 Å². The first-order valence-electron chi connectivity index (χ1n) is 3.88. The van der Waals surface area contributed by atoms with Gasteiger partial charge in [-0.05, 0) is 31.8 Å². The zero-order valence-electron chi connectivity index (χ0n) is 6.22. The van der Waals surface area contributed by atoms with Crippen LogP contribution in [0.1, 0.15) is 25.7 Å². The van der Waals surface area contributed by atoms with Crippen molar-refractivity contribution in [1.29, 1.82) is 0 Å². The molecule has 1 aliphatic carbocycles. The molecule has 0 saturated carbocycles. The lowest BCUT2D eigenvalue weighted by atomic mass is 10.1. The summed E-state index contributed by atoms with van der Waals surface area (Å²) in [6.45, 7) is 0. The van der Waals surface area contributed by atoms with E-state index in [0.29, 0.717) is 0 Å². The quantitative estimate of drug-likeness (QED) is 0.476. The lowest BCUT2D eigenvalue weighted by Crippen LogP contribution is -1.73. The van der Waals surface area contributed by atoms with Gasteiger partial charge in [-0.15, -0.1) is 0 Å². The standard InChI is InChI=1S/C10H13/c1-2-4-6-8-10-9-7-5-3-1/h1-5H,6,8-10H2. The van der Waals surface area contributed by atoms with E-state index >= 15 is 0 Å². The summed E-state index contributed by atoms with van der Waals surface area (Å²) in [6, 6.07) is 0. The van der Waals surface area contributed by atoms with E-state index in [0.717, 1.165) is 6.42 Å². The highest BCUT2D eigenvalue weighted by Crippen LogP contribution is 2.02. The Morgan fingerprint density at radius 2 is 2.00 bits per heavy atom. The van der Waals surface area contributed by atoms with Gasteiger partial charge in [-0.2, -0.15) is 0 Å². The molecule has 0 unspecified atom stereocenters. The third-order valence-corrected chi connectivity index (χ3v) is 1.51. The largest absolute Gasteiger partial charge is 0.0845 e. The van der Waals surface area contributed by atoms with E-state index in [1.165, 1.54) is 19.3 Å². The van der Waals surface area contributed by atoms with Crippen LogP contribution in [0.15, 0.2) is 30.4 Å². The average Bonchev–Trinajstić information content (AvgIpc) is 2.01. The Morgan fingerprint density at radius 3 is 3.00 bits per heavy atom. The van der Waals surface area contributed by atoms with Crippen LogP contribution in [0.25, 0.3) is 0 Å². The molecule has 0 spiro atoms. The zero-order chi connectivity index (χ0) is 7.07. The van der Waals surface area contributed by atoms with Gasteiger partial charge < -0.3 is 0 Å². The summed E-state index contributed by atoms with van der Waals surface area (Å²) in [7, 11) is 0. The fourth-order valence-corrected chi connectivity index (χ4v) is 0.935. The number of hydrogen-bond donors (Lipinski definition) is 0. The third kappa shape index (κ3) is 3.29. The lowest BCUT2D eigenvalue weighted by Gasteiger charge is -1.92. The first kappa shape index (κ1) is 7.33. The lowest BCUT2D eigenvalue weighted by molar-refractivity contribution is 0.753. The monoisotopic (exact) mass is 133 g/mol. The van der Waals surface area contributed by atoms with Gasteiger partial charge in [0.1, 0.15) is 0 Å². The van der Waals surface area contributed by atoms with Crippen molar-refractivity contribution in [3.63, 3.8) is 0 Å². The Labute approximate surface area is 62.9 Å². The van der Waals surface area contributed by atoms with Crippen LogP contribution in [-0.4, -0.2) is 0 Å². The SMILES string of the molecule is [C]1=CC=CC=CCCCC1. The van der Waals surface area contributed by atoms with E-state index in [1.807, 2.05) is 12.2 Å². The van der Waals surface area contributed by atoms with E-state index in [4.69, 9.17) is 0 Å². The molecule has 0 bridgehead atoms. The zero-order valence-corrected chi connectivity index (χ0v) is 6.22. The van der Waals surface area contributed by atoms with Crippen molar-refractivity contribution >= 4 is 0 Å². The molecule has 0 heterocycles. The molecule has 1 aliphatic rings. The third-order valence-electron chi connectivity index (χ3n) is 1.51. The predicted molar refractivity (Wildman–Crippen MR) is 44.6 cm³/mol. The summed E-state index contributed by atoms with van der Waals surface area (Å²) in [5, 5.41) is 0. The molecule has 0 aromatic carbocycles. The topological polar surface area (TPSA) is 0 Å². The number of allylic oxidation sites excluding steroid dienone is 6. The molecule has 1 radical (unpaired) electrons. The Balaban J connectivity index is 2.40. The second kappa shape index (κ2) is 5.04. The van der Waals surface area contributed by atoms with Crippen molar-refractivity contribution in [2.24, 2.45) is 0 Å². The van der Waals surface area contributed by atoms with Crippen molar-refractivity contribution in [3.05, 3.63) is 36.5 Å². The molecule has 0 aliphatic heterocycles. The highest BCUT2D eigenvalue weighted by molar-refractivity contribution is 5.09. The molecule has 1 rings (SSSR count). The molecule has 10 heavy (non-hydrogen) atoms. The summed E-state index contributed by atoms with van der Waals surface area (Å²) >= 11 is 0. The van der Waals surface area contributed by atoms with E-state index < -0.39 is 0 Å². The molecule has 0 nitrogen and oxygen atoms in total. The van der Waals surface area contributed by atoms with Crippen LogP contribution in [0.5, 0.6) is 0 Å². The van der Waals surface area contributed by atoms with E-state index in [-0.39, 0.29) is 0 Å². The fourth-order valence-electron chi connectivity index (χ4n) is 0.935. The van der Waals surface area contributed by atoms with Gasteiger partial charge in [0.05, 0.1) is 0 Å². The Hall–Kier alpha value is -0.780.